The number of rotatable bonds is 8. The van der Waals surface area contributed by atoms with E-state index in [0.717, 1.165) is 5.56 Å². The number of carbonyl (C=O) groups is 2. The molecular weight excluding hydrogens is 344 g/mol. The van der Waals surface area contributed by atoms with Gasteiger partial charge in [-0.1, -0.05) is 35.6 Å². The van der Waals surface area contributed by atoms with Gasteiger partial charge in [-0.15, -0.1) is 5.11 Å². The van der Waals surface area contributed by atoms with Crippen molar-refractivity contribution in [3.05, 3.63) is 65.7 Å². The normalized spacial score (nSPS) is 11.8. The van der Waals surface area contributed by atoms with Gasteiger partial charge < -0.3 is 10.1 Å². The van der Waals surface area contributed by atoms with Gasteiger partial charge >= 0.3 is 5.97 Å². The van der Waals surface area contributed by atoms with E-state index in [-0.39, 0.29) is 12.5 Å². The van der Waals surface area contributed by atoms with Crippen LogP contribution in [0.5, 0.6) is 0 Å². The fraction of sp³-hybridized carbons (Fsp3) is 0.300. The largest absolute Gasteiger partial charge is 0.464 e. The van der Waals surface area contributed by atoms with Crippen LogP contribution in [0.2, 0.25) is 0 Å². The zero-order chi connectivity index (χ0) is 19.6. The van der Waals surface area contributed by atoms with Crippen molar-refractivity contribution in [3.63, 3.8) is 0 Å². The van der Waals surface area contributed by atoms with E-state index < -0.39 is 12.0 Å². The SMILES string of the molecule is CCOC(=O)[C@H](Cc1ccccc1)NC(=O)c1ccc(N=NN(C)C)cc1. The lowest BCUT2D eigenvalue weighted by Crippen LogP contribution is -2.43. The van der Waals surface area contributed by atoms with Crippen LogP contribution in [-0.4, -0.2) is 43.6 Å². The summed E-state index contributed by atoms with van der Waals surface area (Å²) in [4.78, 5) is 24.8. The van der Waals surface area contributed by atoms with Crippen LogP contribution >= 0.6 is 0 Å². The number of benzene rings is 2. The van der Waals surface area contributed by atoms with Crippen molar-refractivity contribution in [1.82, 2.24) is 10.3 Å². The molecule has 142 valence electrons. The Morgan fingerprint density at radius 1 is 1.07 bits per heavy atom. The highest BCUT2D eigenvalue weighted by Gasteiger charge is 2.23. The van der Waals surface area contributed by atoms with Crippen LogP contribution in [-0.2, 0) is 16.0 Å². The minimum Gasteiger partial charge on any atom is -0.464 e. The smallest absolute Gasteiger partial charge is 0.328 e. The quantitative estimate of drug-likeness (QED) is 0.441. The van der Waals surface area contributed by atoms with Crippen molar-refractivity contribution in [2.75, 3.05) is 20.7 Å². The number of ether oxygens (including phenoxy) is 1. The molecule has 2 aromatic carbocycles. The fourth-order valence-corrected chi connectivity index (χ4v) is 2.35. The monoisotopic (exact) mass is 368 g/mol. The maximum Gasteiger partial charge on any atom is 0.328 e. The molecule has 0 saturated heterocycles. The van der Waals surface area contributed by atoms with Gasteiger partial charge in [0, 0.05) is 26.1 Å². The predicted octanol–water partition coefficient (Wildman–Crippen LogP) is 3.15. The third kappa shape index (κ3) is 6.54. The van der Waals surface area contributed by atoms with Crippen LogP contribution in [0.3, 0.4) is 0 Å². The van der Waals surface area contributed by atoms with Gasteiger partial charge in [0.25, 0.3) is 5.91 Å². The lowest BCUT2D eigenvalue weighted by atomic mass is 10.1. The molecule has 0 aliphatic carbocycles. The van der Waals surface area contributed by atoms with Crippen LogP contribution in [0.1, 0.15) is 22.8 Å². The number of esters is 1. The van der Waals surface area contributed by atoms with Gasteiger partial charge in [-0.3, -0.25) is 9.80 Å². The molecular formula is C20H24N4O3. The summed E-state index contributed by atoms with van der Waals surface area (Å²) in [5.74, 6) is -0.800. The van der Waals surface area contributed by atoms with Crippen molar-refractivity contribution < 1.29 is 14.3 Å². The van der Waals surface area contributed by atoms with Crippen molar-refractivity contribution in [2.24, 2.45) is 10.3 Å². The molecule has 0 fully saturated rings. The molecule has 0 bridgehead atoms. The summed E-state index contributed by atoms with van der Waals surface area (Å²) < 4.78 is 5.10. The molecule has 0 heterocycles. The maximum atomic E-state index is 12.6. The first-order chi connectivity index (χ1) is 13.0. The van der Waals surface area contributed by atoms with Gasteiger partial charge in [0.15, 0.2) is 0 Å². The molecule has 1 amide bonds. The second-order valence-electron chi connectivity index (χ2n) is 6.05. The molecule has 0 saturated carbocycles. The highest BCUT2D eigenvalue weighted by Crippen LogP contribution is 2.14. The van der Waals surface area contributed by atoms with Crippen LogP contribution in [0, 0.1) is 0 Å². The topological polar surface area (TPSA) is 83.4 Å². The Morgan fingerprint density at radius 2 is 1.74 bits per heavy atom. The molecule has 0 radical (unpaired) electrons. The summed E-state index contributed by atoms with van der Waals surface area (Å²) in [6, 6.07) is 15.4. The molecule has 0 aromatic heterocycles. The van der Waals surface area contributed by atoms with Gasteiger partial charge in [0.1, 0.15) is 6.04 Å². The van der Waals surface area contributed by atoms with E-state index in [1.807, 2.05) is 30.3 Å². The van der Waals surface area contributed by atoms with Gasteiger partial charge in [0.05, 0.1) is 12.3 Å². The van der Waals surface area contributed by atoms with E-state index >= 15 is 0 Å². The second-order valence-corrected chi connectivity index (χ2v) is 6.05. The van der Waals surface area contributed by atoms with E-state index in [1.54, 1.807) is 50.3 Å². The summed E-state index contributed by atoms with van der Waals surface area (Å²) in [5, 5.41) is 12.3. The Labute approximate surface area is 159 Å². The van der Waals surface area contributed by atoms with Crippen molar-refractivity contribution >= 4 is 17.6 Å². The zero-order valence-corrected chi connectivity index (χ0v) is 15.8. The molecule has 0 aliphatic heterocycles. The maximum absolute atomic E-state index is 12.6. The van der Waals surface area contributed by atoms with E-state index in [4.69, 9.17) is 4.74 Å². The predicted molar refractivity (Wildman–Crippen MR) is 103 cm³/mol. The zero-order valence-electron chi connectivity index (χ0n) is 15.8. The molecule has 7 nitrogen and oxygen atoms in total. The molecule has 0 aliphatic rings. The van der Waals surface area contributed by atoms with Gasteiger partial charge in [-0.2, -0.15) is 0 Å². The highest BCUT2D eigenvalue weighted by molar-refractivity contribution is 5.97. The minimum absolute atomic E-state index is 0.256. The third-order valence-electron chi connectivity index (χ3n) is 3.63. The Kier molecular flexibility index (Phi) is 7.49. The van der Waals surface area contributed by atoms with Crippen LogP contribution < -0.4 is 5.32 Å². The summed E-state index contributed by atoms with van der Waals surface area (Å²) in [6.45, 7) is 1.99. The van der Waals surface area contributed by atoms with Crippen LogP contribution in [0.4, 0.5) is 5.69 Å². The molecule has 0 spiro atoms. The summed E-state index contributed by atoms with van der Waals surface area (Å²) in [7, 11) is 3.54. The summed E-state index contributed by atoms with van der Waals surface area (Å²) >= 11 is 0. The number of carbonyl (C=O) groups excluding carboxylic acids is 2. The fourth-order valence-electron chi connectivity index (χ4n) is 2.35. The number of hydrogen-bond acceptors (Lipinski definition) is 5. The first-order valence-corrected chi connectivity index (χ1v) is 8.70. The summed E-state index contributed by atoms with van der Waals surface area (Å²) in [5.41, 5.74) is 2.00. The van der Waals surface area contributed by atoms with Crippen LogP contribution in [0.15, 0.2) is 64.9 Å². The van der Waals surface area contributed by atoms with Crippen molar-refractivity contribution in [2.45, 2.75) is 19.4 Å². The lowest BCUT2D eigenvalue weighted by molar-refractivity contribution is -0.145. The molecule has 1 atom stereocenters. The van der Waals surface area contributed by atoms with E-state index in [9.17, 15) is 9.59 Å². The first-order valence-electron chi connectivity index (χ1n) is 8.70. The van der Waals surface area contributed by atoms with Crippen molar-refractivity contribution in [1.29, 1.82) is 0 Å². The Balaban J connectivity index is 2.09. The van der Waals surface area contributed by atoms with E-state index in [2.05, 4.69) is 15.7 Å². The third-order valence-corrected chi connectivity index (χ3v) is 3.63. The molecule has 2 aromatic rings. The molecule has 0 unspecified atom stereocenters. The Hall–Kier alpha value is -3.22. The minimum atomic E-state index is -0.757. The lowest BCUT2D eigenvalue weighted by Gasteiger charge is -2.17. The van der Waals surface area contributed by atoms with E-state index in [1.165, 1.54) is 0 Å². The van der Waals surface area contributed by atoms with Gasteiger partial charge in [-0.05, 0) is 36.8 Å². The van der Waals surface area contributed by atoms with Gasteiger partial charge in [-0.25, -0.2) is 4.79 Å². The number of nitrogens with one attached hydrogen (secondary N) is 1. The second kappa shape index (κ2) is 10.1. The number of nitrogens with zero attached hydrogens (tertiary/aromatic N) is 3. The molecule has 7 heteroatoms. The molecule has 27 heavy (non-hydrogen) atoms. The Bertz CT molecular complexity index is 774. The number of amides is 1. The van der Waals surface area contributed by atoms with Crippen LogP contribution in [0.25, 0.3) is 0 Å². The number of hydrogen-bond donors (Lipinski definition) is 1. The van der Waals surface area contributed by atoms with Crippen molar-refractivity contribution in [3.8, 4) is 0 Å². The molecule has 2 rings (SSSR count). The average molecular weight is 368 g/mol. The average Bonchev–Trinajstić information content (AvgIpc) is 2.67. The van der Waals surface area contributed by atoms with E-state index in [0.29, 0.717) is 17.7 Å². The standard InChI is InChI=1S/C20H24N4O3/c1-4-27-20(26)18(14-15-8-6-5-7-9-15)21-19(25)16-10-12-17(13-11-16)22-23-24(2)3/h5-13,18H,4,14H2,1-3H3,(H,21,25)/t18-/m0/s1. The van der Waals surface area contributed by atoms with Gasteiger partial charge in [0.2, 0.25) is 0 Å². The summed E-state index contributed by atoms with van der Waals surface area (Å²) in [6.07, 6.45) is 0.362. The first kappa shape index (κ1) is 20.1. The Morgan fingerprint density at radius 3 is 2.33 bits per heavy atom. The highest BCUT2D eigenvalue weighted by atomic mass is 16.5. The molecule has 1 N–H and O–H groups in total.